The molecule has 16 heteroatoms. The third-order valence-corrected chi connectivity index (χ3v) is 13.3. The summed E-state index contributed by atoms with van der Waals surface area (Å²) in [5.74, 6) is 0.759. The molecule has 0 radical (unpaired) electrons. The lowest BCUT2D eigenvalue weighted by Gasteiger charge is -2.43. The Morgan fingerprint density at radius 1 is 0.984 bits per heavy atom. The number of carbonyl (C=O) groups excluding carboxylic acids is 6. The number of benzene rings is 2. The highest BCUT2D eigenvalue weighted by Crippen LogP contribution is 2.40. The quantitative estimate of drug-likeness (QED) is 0.155. The Hall–Kier alpha value is -5.90. The number of hydrogen-bond acceptors (Lipinski definition) is 11. The molecule has 328 valence electrons. The molecule has 3 fully saturated rings. The molecule has 4 aliphatic heterocycles. The number of nitrogens with one attached hydrogen (secondary N) is 3. The zero-order chi connectivity index (χ0) is 43.5. The summed E-state index contributed by atoms with van der Waals surface area (Å²) < 4.78 is 5.77. The van der Waals surface area contributed by atoms with Gasteiger partial charge in [-0.25, -0.2) is 9.97 Å². The molecular formula is C46H57N9O7. The summed E-state index contributed by atoms with van der Waals surface area (Å²) in [6.07, 6.45) is 11.3. The molecule has 2 aromatic carbocycles. The van der Waals surface area contributed by atoms with E-state index in [0.717, 1.165) is 81.6 Å². The van der Waals surface area contributed by atoms with Crippen molar-refractivity contribution in [1.82, 2.24) is 30.4 Å². The minimum Gasteiger partial charge on any atom is -0.496 e. The first-order chi connectivity index (χ1) is 30.0. The highest BCUT2D eigenvalue weighted by Gasteiger charge is 2.42. The van der Waals surface area contributed by atoms with Gasteiger partial charge in [0.2, 0.25) is 23.6 Å². The molecule has 8 rings (SSSR count). The van der Waals surface area contributed by atoms with Crippen LogP contribution in [-0.4, -0.2) is 113 Å². The fourth-order valence-corrected chi connectivity index (χ4v) is 9.81. The average molecular weight is 848 g/mol. The maximum atomic E-state index is 13.4. The Labute approximate surface area is 362 Å². The Balaban J connectivity index is 0.785. The predicted molar refractivity (Wildman–Crippen MR) is 232 cm³/mol. The first-order valence-corrected chi connectivity index (χ1v) is 22.2. The number of methoxy groups -OCH3 is 1. The number of amides is 6. The maximum Gasteiger partial charge on any atom is 0.255 e. The fourth-order valence-electron chi connectivity index (χ4n) is 9.81. The number of unbranched alkanes of at least 4 members (excludes halogenated alkanes) is 1. The standard InChI is InChI=1S/C46H57N9O7/c1-4-35-46(61)52(2)37-26-47-39(50-42(37)55(35)31-10-5-6-11-31)25-28-15-16-29(24-38(28)62-3)43(58)48-30-19-22-53(23-20-30)21-8-7-14-40(56)49-34-13-9-12-32-33(34)27-54(45(32)60)36-17-18-41(57)51-44(36)59/h9,12-13,15-16,24,26,30-31,35-36H,4-8,10-11,14,17-23,25,27H2,1-3H3,(H,48,58)(H,49,56)(H,51,57,59)/t35-,36?/m1/s1. The van der Waals surface area contributed by atoms with Gasteiger partial charge in [0.1, 0.15) is 29.3 Å². The van der Waals surface area contributed by atoms with Crippen LogP contribution in [-0.2, 0) is 32.1 Å². The van der Waals surface area contributed by atoms with Crippen LogP contribution in [0.25, 0.3) is 0 Å². The van der Waals surface area contributed by atoms with Crippen LogP contribution < -0.4 is 30.5 Å². The monoisotopic (exact) mass is 847 g/mol. The molecule has 1 saturated carbocycles. The molecule has 3 aromatic rings. The van der Waals surface area contributed by atoms with Crippen molar-refractivity contribution in [2.45, 2.75) is 121 Å². The Bertz CT molecular complexity index is 2240. The molecule has 5 aliphatic rings. The van der Waals surface area contributed by atoms with E-state index < -0.39 is 11.9 Å². The smallest absolute Gasteiger partial charge is 0.255 e. The molecule has 16 nitrogen and oxygen atoms in total. The summed E-state index contributed by atoms with van der Waals surface area (Å²) >= 11 is 0. The Morgan fingerprint density at radius 2 is 1.77 bits per heavy atom. The second-order valence-corrected chi connectivity index (χ2v) is 17.2. The highest BCUT2D eigenvalue weighted by molar-refractivity contribution is 6.07. The predicted octanol–water partition coefficient (Wildman–Crippen LogP) is 4.34. The van der Waals surface area contributed by atoms with Crippen LogP contribution in [0.1, 0.15) is 122 Å². The molecule has 0 spiro atoms. The van der Waals surface area contributed by atoms with E-state index >= 15 is 0 Å². The van der Waals surface area contributed by atoms with Gasteiger partial charge in [0.15, 0.2) is 5.82 Å². The lowest BCUT2D eigenvalue weighted by Crippen LogP contribution is -2.55. The number of hydrogen-bond donors (Lipinski definition) is 3. The zero-order valence-electron chi connectivity index (χ0n) is 35.9. The van der Waals surface area contributed by atoms with Crippen molar-refractivity contribution in [3.63, 3.8) is 0 Å². The maximum absolute atomic E-state index is 13.4. The lowest BCUT2D eigenvalue weighted by atomic mass is 10.0. The van der Waals surface area contributed by atoms with Gasteiger partial charge in [0.25, 0.3) is 11.8 Å². The van der Waals surface area contributed by atoms with Crippen molar-refractivity contribution in [3.8, 4) is 5.75 Å². The molecule has 1 aliphatic carbocycles. The average Bonchev–Trinajstić information content (AvgIpc) is 3.93. The molecule has 5 heterocycles. The van der Waals surface area contributed by atoms with E-state index in [9.17, 15) is 28.8 Å². The van der Waals surface area contributed by atoms with Crippen LogP contribution in [0.2, 0.25) is 0 Å². The van der Waals surface area contributed by atoms with E-state index in [0.29, 0.717) is 59.6 Å². The molecule has 62 heavy (non-hydrogen) atoms. The van der Waals surface area contributed by atoms with Gasteiger partial charge in [0.05, 0.1) is 13.3 Å². The summed E-state index contributed by atoms with van der Waals surface area (Å²) in [4.78, 5) is 94.4. The number of fused-ring (bicyclic) bond motifs is 2. The Morgan fingerprint density at radius 3 is 2.52 bits per heavy atom. The third-order valence-electron chi connectivity index (χ3n) is 13.3. The summed E-state index contributed by atoms with van der Waals surface area (Å²) in [6, 6.07) is 10.1. The van der Waals surface area contributed by atoms with Gasteiger partial charge < -0.3 is 35.0 Å². The number of aromatic nitrogens is 2. The highest BCUT2D eigenvalue weighted by atomic mass is 16.5. The number of rotatable bonds is 14. The summed E-state index contributed by atoms with van der Waals surface area (Å²) in [5.41, 5.74) is 3.84. The zero-order valence-corrected chi connectivity index (χ0v) is 35.9. The van der Waals surface area contributed by atoms with Gasteiger partial charge in [-0.3, -0.25) is 34.1 Å². The van der Waals surface area contributed by atoms with E-state index in [1.165, 1.54) is 4.90 Å². The van der Waals surface area contributed by atoms with Gasteiger partial charge in [-0.1, -0.05) is 31.9 Å². The topological polar surface area (TPSA) is 186 Å². The van der Waals surface area contributed by atoms with Crippen LogP contribution in [0.15, 0.2) is 42.6 Å². The van der Waals surface area contributed by atoms with Crippen LogP contribution in [0, 0.1) is 0 Å². The lowest BCUT2D eigenvalue weighted by molar-refractivity contribution is -0.137. The van der Waals surface area contributed by atoms with Crippen molar-refractivity contribution in [3.05, 3.63) is 70.7 Å². The number of likely N-dealkylation sites (tertiary alicyclic amines) is 1. The Kier molecular flexibility index (Phi) is 12.8. The fraction of sp³-hybridized carbons (Fsp3) is 0.522. The summed E-state index contributed by atoms with van der Waals surface area (Å²) in [6.45, 7) is 4.79. The van der Waals surface area contributed by atoms with Crippen LogP contribution in [0.3, 0.4) is 0 Å². The van der Waals surface area contributed by atoms with Gasteiger partial charge in [-0.15, -0.1) is 0 Å². The second kappa shape index (κ2) is 18.6. The molecule has 3 N–H and O–H groups in total. The second-order valence-electron chi connectivity index (χ2n) is 17.2. The number of carbonyl (C=O) groups is 6. The molecule has 0 bridgehead atoms. The van der Waals surface area contributed by atoms with Crippen molar-refractivity contribution < 1.29 is 33.5 Å². The molecule has 2 atom stereocenters. The number of ether oxygens (including phenoxy) is 1. The van der Waals surface area contributed by atoms with E-state index in [1.807, 2.05) is 12.1 Å². The van der Waals surface area contributed by atoms with Gasteiger partial charge in [-0.05, 0) is 82.2 Å². The van der Waals surface area contributed by atoms with E-state index in [2.05, 4.69) is 37.7 Å². The first-order valence-electron chi connectivity index (χ1n) is 22.2. The molecular weight excluding hydrogens is 791 g/mol. The van der Waals surface area contributed by atoms with Gasteiger partial charge in [0, 0.05) is 86.0 Å². The molecule has 1 aromatic heterocycles. The van der Waals surface area contributed by atoms with Crippen molar-refractivity contribution in [2.24, 2.45) is 0 Å². The number of piperidine rings is 2. The van der Waals surface area contributed by atoms with Gasteiger partial charge >= 0.3 is 0 Å². The van der Waals surface area contributed by atoms with E-state index in [1.54, 1.807) is 49.5 Å². The van der Waals surface area contributed by atoms with Crippen molar-refractivity contribution in [1.29, 1.82) is 0 Å². The number of anilines is 3. The number of nitrogens with zero attached hydrogens (tertiary/aromatic N) is 6. The normalized spacial score (nSPS) is 20.9. The summed E-state index contributed by atoms with van der Waals surface area (Å²) in [7, 11) is 3.40. The summed E-state index contributed by atoms with van der Waals surface area (Å²) in [5, 5.41) is 8.51. The molecule has 6 amide bonds. The minimum absolute atomic E-state index is 0.0456. The van der Waals surface area contributed by atoms with E-state index in [4.69, 9.17) is 9.72 Å². The van der Waals surface area contributed by atoms with Crippen LogP contribution in [0.4, 0.5) is 17.2 Å². The van der Waals surface area contributed by atoms with Crippen LogP contribution in [0.5, 0.6) is 5.75 Å². The largest absolute Gasteiger partial charge is 0.496 e. The first kappa shape index (κ1) is 42.8. The third kappa shape index (κ3) is 8.88. The van der Waals surface area contributed by atoms with E-state index in [-0.39, 0.29) is 67.0 Å². The van der Waals surface area contributed by atoms with Crippen molar-refractivity contribution >= 4 is 52.6 Å². The van der Waals surface area contributed by atoms with Gasteiger partial charge in [-0.2, -0.15) is 0 Å². The minimum atomic E-state index is -0.714. The van der Waals surface area contributed by atoms with Crippen LogP contribution >= 0.6 is 0 Å². The number of imide groups is 1. The SMILES string of the molecule is CC[C@@H]1C(=O)N(C)c2cnc(Cc3ccc(C(=O)NC4CCN(CCCCC(=O)Nc5cccc6c5CN(C5CCC(=O)NC5=O)C6=O)CC4)cc3OC)nc2N1C1CCCC1. The number of likely N-dealkylation sites (N-methyl/N-ethyl adjacent to an activating group) is 1. The molecule has 1 unspecified atom stereocenters. The molecule has 2 saturated heterocycles. The van der Waals surface area contributed by atoms with Crippen molar-refractivity contribution in [2.75, 3.05) is 48.9 Å².